The molecule has 0 bridgehead atoms. The van der Waals surface area contributed by atoms with Gasteiger partial charge in [-0.15, -0.1) is 0 Å². The second-order valence-corrected chi connectivity index (χ2v) is 9.24. The van der Waals surface area contributed by atoms with Crippen LogP contribution >= 0.6 is 0 Å². The van der Waals surface area contributed by atoms with Crippen molar-refractivity contribution in [2.45, 2.75) is 46.0 Å². The Kier molecular flexibility index (Phi) is 4.24. The van der Waals surface area contributed by atoms with E-state index in [0.29, 0.717) is 24.3 Å². The Morgan fingerprint density at radius 3 is 2.60 bits per heavy atom. The number of rotatable bonds is 2. The molecule has 0 radical (unpaired) electrons. The number of Topliss-reactive ketones (excluding diaryl/α,β-unsaturated/α-hetero) is 1. The Labute approximate surface area is 176 Å². The summed E-state index contributed by atoms with van der Waals surface area (Å²) in [7, 11) is 0. The molecule has 1 aliphatic carbocycles. The summed E-state index contributed by atoms with van der Waals surface area (Å²) in [4.78, 5) is 28.6. The Morgan fingerprint density at radius 1 is 1.00 bits per heavy atom. The van der Waals surface area contributed by atoms with Crippen LogP contribution in [-0.4, -0.2) is 18.5 Å². The number of carbonyl (C=O) groups excluding carboxylic acids is 2. The molecule has 0 saturated heterocycles. The number of hydrogen-bond donors (Lipinski definition) is 0. The average molecular weight is 403 g/mol. The minimum Gasteiger partial charge on any atom is -0.454 e. The van der Waals surface area contributed by atoms with Crippen molar-refractivity contribution in [3.05, 3.63) is 64.9 Å². The number of aryl methyl sites for hydroxylation is 1. The molecule has 2 aromatic carbocycles. The van der Waals surface area contributed by atoms with Crippen molar-refractivity contribution in [3.63, 3.8) is 0 Å². The highest BCUT2D eigenvalue weighted by atomic mass is 16.7. The summed E-state index contributed by atoms with van der Waals surface area (Å²) in [5, 5.41) is 0. The predicted molar refractivity (Wildman–Crippen MR) is 114 cm³/mol. The van der Waals surface area contributed by atoms with Gasteiger partial charge in [0.15, 0.2) is 17.3 Å². The lowest BCUT2D eigenvalue weighted by atomic mass is 9.69. The van der Waals surface area contributed by atoms with E-state index in [9.17, 15) is 9.59 Å². The fourth-order valence-corrected chi connectivity index (χ4v) is 4.90. The molecule has 0 N–H and O–H groups in total. The maximum Gasteiger partial charge on any atom is 0.232 e. The zero-order chi connectivity index (χ0) is 21.0. The zero-order valence-electron chi connectivity index (χ0n) is 17.5. The number of nitrogens with zero attached hydrogens (tertiary/aromatic N) is 1. The third kappa shape index (κ3) is 3.09. The van der Waals surface area contributed by atoms with Gasteiger partial charge in [0.1, 0.15) is 0 Å². The summed E-state index contributed by atoms with van der Waals surface area (Å²) in [5.41, 5.74) is 4.28. The van der Waals surface area contributed by atoms with Gasteiger partial charge in [-0.2, -0.15) is 0 Å². The number of fused-ring (bicyclic) bond motifs is 1. The number of benzene rings is 2. The van der Waals surface area contributed by atoms with E-state index in [1.165, 1.54) is 0 Å². The van der Waals surface area contributed by atoms with Crippen molar-refractivity contribution >= 4 is 17.4 Å². The van der Waals surface area contributed by atoms with Gasteiger partial charge in [0, 0.05) is 35.7 Å². The van der Waals surface area contributed by atoms with Crippen LogP contribution in [0.25, 0.3) is 0 Å². The monoisotopic (exact) mass is 403 g/mol. The summed E-state index contributed by atoms with van der Waals surface area (Å²) in [6.07, 6.45) is 1.44. The van der Waals surface area contributed by atoms with Crippen LogP contribution in [0.3, 0.4) is 0 Å². The number of allylic oxidation sites excluding steroid dienone is 2. The van der Waals surface area contributed by atoms with Gasteiger partial charge in [0.2, 0.25) is 12.7 Å². The fraction of sp³-hybridized carbons (Fsp3) is 0.360. The largest absolute Gasteiger partial charge is 0.454 e. The normalized spacial score (nSPS) is 22.4. The number of ketones is 1. The Hall–Kier alpha value is -3.08. The molecule has 0 spiro atoms. The molecule has 154 valence electrons. The van der Waals surface area contributed by atoms with Crippen molar-refractivity contribution in [1.29, 1.82) is 0 Å². The lowest BCUT2D eigenvalue weighted by Crippen LogP contribution is -2.43. The second kappa shape index (κ2) is 6.73. The van der Waals surface area contributed by atoms with E-state index in [1.54, 1.807) is 4.90 Å². The van der Waals surface area contributed by atoms with Gasteiger partial charge in [-0.25, -0.2) is 0 Å². The van der Waals surface area contributed by atoms with Gasteiger partial charge < -0.3 is 9.47 Å². The van der Waals surface area contributed by atoms with Crippen molar-refractivity contribution < 1.29 is 19.1 Å². The first-order valence-corrected chi connectivity index (χ1v) is 10.4. The first kappa shape index (κ1) is 18.9. The molecule has 1 unspecified atom stereocenters. The molecular weight excluding hydrogens is 378 g/mol. The van der Waals surface area contributed by atoms with E-state index in [2.05, 4.69) is 13.8 Å². The Balaban J connectivity index is 1.67. The minimum atomic E-state index is -0.258. The molecule has 2 heterocycles. The Morgan fingerprint density at radius 2 is 1.80 bits per heavy atom. The molecule has 3 aliphatic rings. The topological polar surface area (TPSA) is 55.8 Å². The maximum absolute atomic E-state index is 13.4. The number of anilines is 1. The quantitative estimate of drug-likeness (QED) is 0.717. The molecule has 2 aromatic rings. The van der Waals surface area contributed by atoms with Gasteiger partial charge in [0.25, 0.3) is 0 Å². The van der Waals surface area contributed by atoms with E-state index in [4.69, 9.17) is 9.47 Å². The van der Waals surface area contributed by atoms with Crippen molar-refractivity contribution in [1.82, 2.24) is 0 Å². The van der Waals surface area contributed by atoms with Crippen LogP contribution in [0.1, 0.15) is 50.2 Å². The van der Waals surface area contributed by atoms with E-state index in [1.807, 2.05) is 49.4 Å². The summed E-state index contributed by atoms with van der Waals surface area (Å²) in [6.45, 7) is 6.40. The number of hydrogen-bond acceptors (Lipinski definition) is 4. The van der Waals surface area contributed by atoms with Crippen LogP contribution in [-0.2, 0) is 9.59 Å². The standard InChI is InChI=1S/C25H25NO4/c1-15-5-4-6-17(9-15)26-19-12-25(2,3)13-20(27)24(19)18(11-23(26)28)16-7-8-21-22(10-16)30-14-29-21/h4-10,18H,11-14H2,1-3H3. The van der Waals surface area contributed by atoms with E-state index >= 15 is 0 Å². The van der Waals surface area contributed by atoms with E-state index in [-0.39, 0.29) is 36.2 Å². The molecule has 30 heavy (non-hydrogen) atoms. The minimum absolute atomic E-state index is 0.0208. The van der Waals surface area contributed by atoms with E-state index < -0.39 is 0 Å². The molecule has 1 amide bonds. The first-order chi connectivity index (χ1) is 14.3. The predicted octanol–water partition coefficient (Wildman–Crippen LogP) is 4.89. The first-order valence-electron chi connectivity index (χ1n) is 10.4. The fourth-order valence-electron chi connectivity index (χ4n) is 4.90. The van der Waals surface area contributed by atoms with Crippen molar-refractivity contribution in [3.8, 4) is 11.5 Å². The van der Waals surface area contributed by atoms with Crippen molar-refractivity contribution in [2.75, 3.05) is 11.7 Å². The third-order valence-corrected chi connectivity index (χ3v) is 6.20. The molecule has 0 fully saturated rings. The molecule has 5 rings (SSSR count). The SMILES string of the molecule is Cc1cccc(N2C(=O)CC(c3ccc4c(c3)OCO4)C3=C2CC(C)(C)CC3=O)c1. The number of ether oxygens (including phenoxy) is 2. The highest BCUT2D eigenvalue weighted by Gasteiger charge is 2.44. The molecule has 5 heteroatoms. The molecule has 0 saturated carbocycles. The van der Waals surface area contributed by atoms with Gasteiger partial charge in [0.05, 0.1) is 0 Å². The summed E-state index contributed by atoms with van der Waals surface area (Å²) < 4.78 is 11.0. The summed E-state index contributed by atoms with van der Waals surface area (Å²) in [5.74, 6) is 1.27. The third-order valence-electron chi connectivity index (χ3n) is 6.20. The van der Waals surface area contributed by atoms with Gasteiger partial charge in [-0.05, 0) is 54.2 Å². The van der Waals surface area contributed by atoms with Crippen LogP contribution in [0.5, 0.6) is 11.5 Å². The van der Waals surface area contributed by atoms with Crippen LogP contribution in [0.15, 0.2) is 53.7 Å². The van der Waals surface area contributed by atoms with Gasteiger partial charge in [-0.1, -0.05) is 32.0 Å². The molecule has 1 atom stereocenters. The highest BCUT2D eigenvalue weighted by Crippen LogP contribution is 2.49. The van der Waals surface area contributed by atoms with Crippen LogP contribution in [0.2, 0.25) is 0 Å². The number of amides is 1. The Bertz CT molecular complexity index is 1100. The lowest BCUT2D eigenvalue weighted by Gasteiger charge is -2.43. The number of carbonyl (C=O) groups is 2. The van der Waals surface area contributed by atoms with Crippen LogP contribution in [0.4, 0.5) is 5.69 Å². The smallest absolute Gasteiger partial charge is 0.232 e. The summed E-state index contributed by atoms with van der Waals surface area (Å²) >= 11 is 0. The second-order valence-electron chi connectivity index (χ2n) is 9.24. The van der Waals surface area contributed by atoms with Crippen molar-refractivity contribution in [2.24, 2.45) is 5.41 Å². The molecule has 2 aliphatic heterocycles. The molecule has 5 nitrogen and oxygen atoms in total. The zero-order valence-corrected chi connectivity index (χ0v) is 17.5. The van der Waals surface area contributed by atoms with Crippen LogP contribution in [0, 0.1) is 12.3 Å². The average Bonchev–Trinajstić information content (AvgIpc) is 3.14. The molecular formula is C25H25NO4. The van der Waals surface area contributed by atoms with Gasteiger partial charge >= 0.3 is 0 Å². The maximum atomic E-state index is 13.4. The van der Waals surface area contributed by atoms with Crippen LogP contribution < -0.4 is 14.4 Å². The van der Waals surface area contributed by atoms with Gasteiger partial charge in [-0.3, -0.25) is 14.5 Å². The summed E-state index contributed by atoms with van der Waals surface area (Å²) in [6, 6.07) is 13.7. The lowest BCUT2D eigenvalue weighted by molar-refractivity contribution is -0.121. The highest BCUT2D eigenvalue weighted by molar-refractivity contribution is 6.07. The molecule has 0 aromatic heterocycles. The van der Waals surface area contributed by atoms with E-state index in [0.717, 1.165) is 28.1 Å².